The van der Waals surface area contributed by atoms with E-state index in [9.17, 15) is 14.4 Å². The van der Waals surface area contributed by atoms with Gasteiger partial charge in [0.25, 0.3) is 5.91 Å². The molecule has 0 aromatic carbocycles. The molecule has 1 fully saturated rings. The maximum atomic E-state index is 11.8. The van der Waals surface area contributed by atoms with Gasteiger partial charge in [0.2, 0.25) is 0 Å². The van der Waals surface area contributed by atoms with Crippen LogP contribution in [0.5, 0.6) is 0 Å². The molecule has 132 valence electrons. The summed E-state index contributed by atoms with van der Waals surface area (Å²) in [5, 5.41) is 4.72. The van der Waals surface area contributed by atoms with Gasteiger partial charge in [-0.05, 0) is 31.2 Å². The molecule has 24 heavy (non-hydrogen) atoms. The molecule has 1 aliphatic heterocycles. The Balaban J connectivity index is 1.63. The van der Waals surface area contributed by atoms with E-state index in [0.29, 0.717) is 32.5 Å². The highest BCUT2D eigenvalue weighted by molar-refractivity contribution is 7.10. The highest BCUT2D eigenvalue weighted by Gasteiger charge is 2.24. The van der Waals surface area contributed by atoms with Gasteiger partial charge in [-0.3, -0.25) is 9.59 Å². The van der Waals surface area contributed by atoms with Gasteiger partial charge < -0.3 is 19.7 Å². The Morgan fingerprint density at radius 1 is 1.29 bits per heavy atom. The maximum Gasteiger partial charge on any atom is 0.409 e. The first-order chi connectivity index (χ1) is 11.6. The van der Waals surface area contributed by atoms with Crippen LogP contribution in [0.3, 0.4) is 0 Å². The predicted molar refractivity (Wildman–Crippen MR) is 88.7 cm³/mol. The third kappa shape index (κ3) is 5.84. The summed E-state index contributed by atoms with van der Waals surface area (Å²) in [5.41, 5.74) is 0. The van der Waals surface area contributed by atoms with Gasteiger partial charge >= 0.3 is 12.1 Å². The zero-order valence-corrected chi connectivity index (χ0v) is 14.5. The zero-order chi connectivity index (χ0) is 17.4. The number of nitrogens with zero attached hydrogens (tertiary/aromatic N) is 1. The summed E-state index contributed by atoms with van der Waals surface area (Å²) in [6, 6.07) is 3.70. The van der Waals surface area contributed by atoms with E-state index < -0.39 is 5.97 Å². The molecule has 0 atom stereocenters. The van der Waals surface area contributed by atoms with Crippen molar-refractivity contribution in [1.29, 1.82) is 0 Å². The average molecular weight is 354 g/mol. The Bertz CT molecular complexity index is 553. The molecule has 1 aromatic rings. The summed E-state index contributed by atoms with van der Waals surface area (Å²) < 4.78 is 9.93. The Morgan fingerprint density at radius 3 is 2.67 bits per heavy atom. The summed E-state index contributed by atoms with van der Waals surface area (Å²) >= 11 is 1.48. The molecular weight excluding hydrogens is 332 g/mol. The van der Waals surface area contributed by atoms with Crippen molar-refractivity contribution < 1.29 is 23.9 Å². The molecule has 8 heteroatoms. The largest absolute Gasteiger partial charge is 0.455 e. The van der Waals surface area contributed by atoms with Gasteiger partial charge in [0, 0.05) is 24.0 Å². The van der Waals surface area contributed by atoms with Crippen molar-refractivity contribution in [2.45, 2.75) is 32.2 Å². The second-order valence-electron chi connectivity index (χ2n) is 5.44. The van der Waals surface area contributed by atoms with E-state index >= 15 is 0 Å². The molecule has 0 unspecified atom stereocenters. The lowest BCUT2D eigenvalue weighted by Crippen LogP contribution is -2.47. The molecule has 0 aliphatic carbocycles. The molecule has 7 nitrogen and oxygen atoms in total. The van der Waals surface area contributed by atoms with Crippen LogP contribution in [0.4, 0.5) is 4.79 Å². The normalized spacial score (nSPS) is 15.0. The number of likely N-dealkylation sites (tertiary alicyclic amines) is 1. The Morgan fingerprint density at radius 2 is 2.04 bits per heavy atom. The topological polar surface area (TPSA) is 84.9 Å². The quantitative estimate of drug-likeness (QED) is 0.784. The number of rotatable bonds is 6. The number of carbonyl (C=O) groups excluding carboxylic acids is 3. The monoisotopic (exact) mass is 354 g/mol. The lowest BCUT2D eigenvalue weighted by Gasteiger charge is -2.31. The third-order valence-corrected chi connectivity index (χ3v) is 4.53. The number of hydrogen-bond donors (Lipinski definition) is 1. The lowest BCUT2D eigenvalue weighted by molar-refractivity contribution is -0.148. The second-order valence-corrected chi connectivity index (χ2v) is 6.48. The fourth-order valence-electron chi connectivity index (χ4n) is 2.44. The molecule has 2 heterocycles. The highest BCUT2D eigenvalue weighted by Crippen LogP contribution is 2.12. The summed E-state index contributed by atoms with van der Waals surface area (Å²) in [6.07, 6.45) is 1.19. The first-order valence-electron chi connectivity index (χ1n) is 7.97. The van der Waals surface area contributed by atoms with E-state index in [4.69, 9.17) is 9.47 Å². The fourth-order valence-corrected chi connectivity index (χ4v) is 3.13. The number of thiophene rings is 1. The molecule has 1 aliphatic rings. The van der Waals surface area contributed by atoms with Crippen LogP contribution in [0.2, 0.25) is 0 Å². The lowest BCUT2D eigenvalue weighted by atomic mass is 10.1. The van der Waals surface area contributed by atoms with Crippen LogP contribution < -0.4 is 5.32 Å². The molecule has 0 radical (unpaired) electrons. The molecule has 0 spiro atoms. The van der Waals surface area contributed by atoms with Crippen molar-refractivity contribution in [2.75, 3.05) is 26.3 Å². The standard InChI is InChI=1S/C16H22N2O5S/c1-2-22-16(21)18-7-5-12(6-8-18)17-14(19)11-23-15(20)10-13-4-3-9-24-13/h3-4,9,12H,2,5-8,10-11H2,1H3,(H,17,19). The van der Waals surface area contributed by atoms with Crippen LogP contribution in [0.15, 0.2) is 17.5 Å². The van der Waals surface area contributed by atoms with Crippen molar-refractivity contribution in [3.05, 3.63) is 22.4 Å². The van der Waals surface area contributed by atoms with Crippen molar-refractivity contribution in [3.8, 4) is 0 Å². The first-order valence-corrected chi connectivity index (χ1v) is 8.85. The number of esters is 1. The summed E-state index contributed by atoms with van der Waals surface area (Å²) in [5.74, 6) is -0.728. The molecule has 0 bridgehead atoms. The van der Waals surface area contributed by atoms with Gasteiger partial charge in [0.15, 0.2) is 6.61 Å². The van der Waals surface area contributed by atoms with Crippen LogP contribution in [-0.2, 0) is 25.5 Å². The maximum absolute atomic E-state index is 11.8. The molecule has 2 amide bonds. The van der Waals surface area contributed by atoms with E-state index in [1.54, 1.807) is 11.8 Å². The Kier molecular flexibility index (Phi) is 7.05. The molecule has 1 N–H and O–H groups in total. The van der Waals surface area contributed by atoms with Gasteiger partial charge in [-0.2, -0.15) is 0 Å². The van der Waals surface area contributed by atoms with Crippen LogP contribution in [-0.4, -0.2) is 55.2 Å². The molecular formula is C16H22N2O5S. The van der Waals surface area contributed by atoms with Crippen LogP contribution in [0.25, 0.3) is 0 Å². The SMILES string of the molecule is CCOC(=O)N1CCC(NC(=O)COC(=O)Cc2cccs2)CC1. The van der Waals surface area contributed by atoms with Gasteiger partial charge in [-0.1, -0.05) is 6.07 Å². The van der Waals surface area contributed by atoms with Crippen LogP contribution in [0.1, 0.15) is 24.6 Å². The van der Waals surface area contributed by atoms with E-state index in [-0.39, 0.29) is 31.1 Å². The van der Waals surface area contributed by atoms with E-state index in [0.717, 1.165) is 4.88 Å². The summed E-state index contributed by atoms with van der Waals surface area (Å²) in [7, 11) is 0. The van der Waals surface area contributed by atoms with Gasteiger partial charge in [-0.15, -0.1) is 11.3 Å². The number of amides is 2. The molecule has 1 saturated heterocycles. The van der Waals surface area contributed by atoms with Crippen LogP contribution >= 0.6 is 11.3 Å². The van der Waals surface area contributed by atoms with E-state index in [1.165, 1.54) is 11.3 Å². The van der Waals surface area contributed by atoms with Crippen molar-refractivity contribution in [3.63, 3.8) is 0 Å². The van der Waals surface area contributed by atoms with Gasteiger partial charge in [0.05, 0.1) is 13.0 Å². The minimum Gasteiger partial charge on any atom is -0.455 e. The predicted octanol–water partition coefficient (Wildman–Crippen LogP) is 1.57. The Labute approximate surface area is 144 Å². The number of hydrogen-bond acceptors (Lipinski definition) is 6. The number of nitrogens with one attached hydrogen (secondary N) is 1. The minimum absolute atomic E-state index is 0.0147. The molecule has 1 aromatic heterocycles. The minimum atomic E-state index is -0.412. The molecule has 0 saturated carbocycles. The Hall–Kier alpha value is -2.09. The highest BCUT2D eigenvalue weighted by atomic mass is 32.1. The van der Waals surface area contributed by atoms with Crippen LogP contribution in [0, 0.1) is 0 Å². The van der Waals surface area contributed by atoms with Gasteiger partial charge in [-0.25, -0.2) is 4.79 Å². The number of ether oxygens (including phenoxy) is 2. The van der Waals surface area contributed by atoms with E-state index in [2.05, 4.69) is 5.32 Å². The van der Waals surface area contributed by atoms with Crippen molar-refractivity contribution in [2.24, 2.45) is 0 Å². The second kappa shape index (κ2) is 9.27. The van der Waals surface area contributed by atoms with Crippen molar-refractivity contribution >= 4 is 29.3 Å². The van der Waals surface area contributed by atoms with E-state index in [1.807, 2.05) is 17.5 Å². The third-order valence-electron chi connectivity index (χ3n) is 3.65. The van der Waals surface area contributed by atoms with Gasteiger partial charge in [0.1, 0.15) is 0 Å². The summed E-state index contributed by atoms with van der Waals surface area (Å²) in [6.45, 7) is 2.93. The molecule has 2 rings (SSSR count). The zero-order valence-electron chi connectivity index (χ0n) is 13.7. The average Bonchev–Trinajstić information content (AvgIpc) is 3.07. The fraction of sp³-hybridized carbons (Fsp3) is 0.562. The number of carbonyl (C=O) groups is 3. The summed E-state index contributed by atoms with van der Waals surface area (Å²) in [4.78, 5) is 37.6. The number of piperidine rings is 1. The van der Waals surface area contributed by atoms with Crippen molar-refractivity contribution in [1.82, 2.24) is 10.2 Å². The smallest absolute Gasteiger partial charge is 0.409 e. The first kappa shape index (κ1) is 18.3.